The number of hydrogen-bond donors (Lipinski definition) is 0. The van der Waals surface area contributed by atoms with Gasteiger partial charge < -0.3 is 4.90 Å². The topological polar surface area (TPSA) is 45.2 Å². The average molecular weight is 880 g/mol. The van der Waals surface area contributed by atoms with Crippen molar-refractivity contribution in [2.45, 2.75) is 41.5 Å². The molecule has 9 aromatic carbocycles. The minimum absolute atomic E-state index is 0.505. The number of hydrogen-bond acceptors (Lipinski definition) is 5. The molecule has 330 valence electrons. The van der Waals surface area contributed by atoms with Gasteiger partial charge in [-0.1, -0.05) is 187 Å². The molecule has 10 aromatic rings. The Bertz CT molecular complexity index is 3280. The molecule has 0 aliphatic carbocycles. The third-order valence-electron chi connectivity index (χ3n) is 12.6. The van der Waals surface area contributed by atoms with Crippen LogP contribution in [0.25, 0.3) is 56.2 Å². The summed E-state index contributed by atoms with van der Waals surface area (Å²) in [5, 5.41) is 0. The SMILES string of the molecule is Cc1cc(C)c(N(c2ccc(N(c3nc(-c4ccc(-c5ccccc5)cc4)nc(-c4cccc(-c5ccccc5)c4)n3)c3ccccc3-c3ccccc3)cc2)c2c(C)cc(C)cc2C)c(C)c1. The zero-order valence-corrected chi connectivity index (χ0v) is 39.4. The lowest BCUT2D eigenvalue weighted by Gasteiger charge is -2.32. The molecular formula is C63H53N5. The predicted molar refractivity (Wildman–Crippen MR) is 285 cm³/mol. The van der Waals surface area contributed by atoms with Crippen molar-refractivity contribution in [2.24, 2.45) is 0 Å². The minimum atomic E-state index is 0.505. The Morgan fingerprint density at radius 1 is 0.294 bits per heavy atom. The molecule has 0 N–H and O–H groups in total. The number of para-hydroxylation sites is 1. The van der Waals surface area contributed by atoms with Gasteiger partial charge in [-0.3, -0.25) is 4.90 Å². The van der Waals surface area contributed by atoms with Gasteiger partial charge in [0.25, 0.3) is 0 Å². The van der Waals surface area contributed by atoms with E-state index in [1.54, 1.807) is 0 Å². The predicted octanol–water partition coefficient (Wildman–Crippen LogP) is 17.0. The van der Waals surface area contributed by atoms with Crippen molar-refractivity contribution in [2.75, 3.05) is 9.80 Å². The van der Waals surface area contributed by atoms with Gasteiger partial charge in [0.2, 0.25) is 5.95 Å². The van der Waals surface area contributed by atoms with Crippen molar-refractivity contribution in [1.82, 2.24) is 15.0 Å². The lowest BCUT2D eigenvalue weighted by Crippen LogP contribution is -2.18. The number of rotatable bonds is 11. The van der Waals surface area contributed by atoms with Gasteiger partial charge in [-0.2, -0.15) is 9.97 Å². The first-order valence-corrected chi connectivity index (χ1v) is 23.3. The molecule has 1 aromatic heterocycles. The summed E-state index contributed by atoms with van der Waals surface area (Å²) < 4.78 is 0. The van der Waals surface area contributed by atoms with Crippen LogP contribution in [0.2, 0.25) is 0 Å². The third kappa shape index (κ3) is 8.82. The van der Waals surface area contributed by atoms with E-state index in [2.05, 4.69) is 252 Å². The summed E-state index contributed by atoms with van der Waals surface area (Å²) >= 11 is 0. The van der Waals surface area contributed by atoms with Crippen molar-refractivity contribution in [3.05, 3.63) is 246 Å². The van der Waals surface area contributed by atoms with Gasteiger partial charge in [0, 0.05) is 28.1 Å². The second-order valence-corrected chi connectivity index (χ2v) is 17.7. The molecule has 0 amide bonds. The molecule has 1 heterocycles. The summed E-state index contributed by atoms with van der Waals surface area (Å²) in [6.45, 7) is 13.2. The Balaban J connectivity index is 1.19. The Morgan fingerprint density at radius 2 is 0.691 bits per heavy atom. The normalized spacial score (nSPS) is 11.1. The highest BCUT2D eigenvalue weighted by Crippen LogP contribution is 2.45. The maximum atomic E-state index is 5.43. The molecule has 0 unspecified atom stereocenters. The molecule has 0 aliphatic rings. The van der Waals surface area contributed by atoms with Crippen LogP contribution in [0.4, 0.5) is 34.4 Å². The molecule has 0 atom stereocenters. The van der Waals surface area contributed by atoms with E-state index in [1.165, 1.54) is 44.8 Å². The first-order valence-electron chi connectivity index (χ1n) is 23.3. The van der Waals surface area contributed by atoms with Crippen LogP contribution in [-0.2, 0) is 0 Å². The molecule has 5 heteroatoms. The molecule has 10 rings (SSSR count). The first kappa shape index (κ1) is 43.5. The Kier molecular flexibility index (Phi) is 12.0. The summed E-state index contributed by atoms with van der Waals surface area (Å²) in [4.78, 5) is 20.7. The molecule has 68 heavy (non-hydrogen) atoms. The fourth-order valence-electron chi connectivity index (χ4n) is 9.70. The van der Waals surface area contributed by atoms with Crippen molar-refractivity contribution in [3.8, 4) is 56.2 Å². The Morgan fingerprint density at radius 3 is 1.24 bits per heavy atom. The highest BCUT2D eigenvalue weighted by molar-refractivity contribution is 5.89. The number of anilines is 6. The maximum absolute atomic E-state index is 5.43. The molecule has 5 nitrogen and oxygen atoms in total. The van der Waals surface area contributed by atoms with Gasteiger partial charge in [0.1, 0.15) is 0 Å². The van der Waals surface area contributed by atoms with Crippen molar-refractivity contribution >= 4 is 34.4 Å². The molecular weight excluding hydrogens is 827 g/mol. The van der Waals surface area contributed by atoms with Crippen LogP contribution in [0, 0.1) is 41.5 Å². The molecule has 0 saturated carbocycles. The first-order chi connectivity index (χ1) is 33.2. The highest BCUT2D eigenvalue weighted by Gasteiger charge is 2.25. The quantitative estimate of drug-likeness (QED) is 0.130. The van der Waals surface area contributed by atoms with E-state index in [0.29, 0.717) is 17.6 Å². The van der Waals surface area contributed by atoms with E-state index in [4.69, 9.17) is 15.0 Å². The van der Waals surface area contributed by atoms with E-state index < -0.39 is 0 Å². The number of aromatic nitrogens is 3. The van der Waals surface area contributed by atoms with Crippen LogP contribution in [0.3, 0.4) is 0 Å². The van der Waals surface area contributed by atoms with Crippen molar-refractivity contribution in [1.29, 1.82) is 0 Å². The highest BCUT2D eigenvalue weighted by atomic mass is 15.3. The second kappa shape index (κ2) is 18.8. The molecule has 0 bridgehead atoms. The van der Waals surface area contributed by atoms with Crippen molar-refractivity contribution < 1.29 is 0 Å². The lowest BCUT2D eigenvalue weighted by molar-refractivity contribution is 1.02. The summed E-state index contributed by atoms with van der Waals surface area (Å²) in [6, 6.07) is 74.9. The van der Waals surface area contributed by atoms with Gasteiger partial charge in [0.05, 0.1) is 17.1 Å². The summed E-state index contributed by atoms with van der Waals surface area (Å²) in [5.74, 6) is 1.66. The average Bonchev–Trinajstić information content (AvgIpc) is 3.37. The standard InChI is InChI=1S/C63H53N5/c1-42-37-44(3)59(45(4)38-42)68(60-46(5)39-43(2)40-47(60)6)56-35-33-55(34-36-56)67(58-28-17-16-27-57(58)51-23-14-9-15-24-51)63-65-61(52-31-29-50(30-32-52)48-19-10-7-11-20-48)64-62(66-63)54-26-18-25-53(41-54)49-21-12-8-13-22-49/h7-41H,1-6H3. The van der Waals surface area contributed by atoms with E-state index in [9.17, 15) is 0 Å². The van der Waals surface area contributed by atoms with Crippen molar-refractivity contribution in [3.63, 3.8) is 0 Å². The smallest absolute Gasteiger partial charge is 0.238 e. The molecule has 0 saturated heterocycles. The van der Waals surface area contributed by atoms with E-state index in [1.807, 2.05) is 12.1 Å². The summed E-state index contributed by atoms with van der Waals surface area (Å²) in [5.41, 5.74) is 21.1. The van der Waals surface area contributed by atoms with Crippen LogP contribution in [0.15, 0.2) is 212 Å². The number of aryl methyl sites for hydroxylation is 6. The Labute approximate surface area is 400 Å². The van der Waals surface area contributed by atoms with Crippen LogP contribution < -0.4 is 9.80 Å². The van der Waals surface area contributed by atoms with Gasteiger partial charge in [-0.25, -0.2) is 4.98 Å². The summed E-state index contributed by atoms with van der Waals surface area (Å²) in [6.07, 6.45) is 0. The zero-order chi connectivity index (χ0) is 46.7. The van der Waals surface area contributed by atoms with E-state index >= 15 is 0 Å². The molecule has 0 spiro atoms. The van der Waals surface area contributed by atoms with Crippen LogP contribution >= 0.6 is 0 Å². The second-order valence-electron chi connectivity index (χ2n) is 17.7. The maximum Gasteiger partial charge on any atom is 0.238 e. The van der Waals surface area contributed by atoms with Gasteiger partial charge in [-0.15, -0.1) is 0 Å². The largest absolute Gasteiger partial charge is 0.309 e. The summed E-state index contributed by atoms with van der Waals surface area (Å²) in [7, 11) is 0. The van der Waals surface area contributed by atoms with Crippen LogP contribution in [-0.4, -0.2) is 15.0 Å². The number of nitrogens with zero attached hydrogens (tertiary/aromatic N) is 5. The number of benzene rings is 9. The Hall–Kier alpha value is -8.41. The minimum Gasteiger partial charge on any atom is -0.309 e. The fraction of sp³-hybridized carbons (Fsp3) is 0.0952. The van der Waals surface area contributed by atoms with Gasteiger partial charge in [0.15, 0.2) is 11.6 Å². The van der Waals surface area contributed by atoms with Gasteiger partial charge in [-0.05, 0) is 128 Å². The zero-order valence-electron chi connectivity index (χ0n) is 39.4. The fourth-order valence-corrected chi connectivity index (χ4v) is 9.70. The lowest BCUT2D eigenvalue weighted by atomic mass is 9.98. The van der Waals surface area contributed by atoms with E-state index in [-0.39, 0.29) is 0 Å². The van der Waals surface area contributed by atoms with Gasteiger partial charge >= 0.3 is 0 Å². The van der Waals surface area contributed by atoms with Crippen LogP contribution in [0.1, 0.15) is 33.4 Å². The molecule has 0 radical (unpaired) electrons. The van der Waals surface area contributed by atoms with E-state index in [0.717, 1.165) is 61.6 Å². The molecule has 0 fully saturated rings. The third-order valence-corrected chi connectivity index (χ3v) is 12.6. The van der Waals surface area contributed by atoms with Crippen LogP contribution in [0.5, 0.6) is 0 Å². The molecule has 0 aliphatic heterocycles. The monoisotopic (exact) mass is 879 g/mol.